The number of nitrogens with zero attached hydrogens (tertiary/aromatic N) is 1. The number of aryl methyl sites for hydroxylation is 4. The Kier molecular flexibility index (Phi) is 7.37. The van der Waals surface area contributed by atoms with Gasteiger partial charge < -0.3 is 24.3 Å². The first-order chi connectivity index (χ1) is 18.8. The minimum Gasteiger partial charge on any atom is -0.478 e. The maximum Gasteiger partial charge on any atom is 0.349 e. The van der Waals surface area contributed by atoms with E-state index in [1.165, 1.54) is 0 Å². The summed E-state index contributed by atoms with van der Waals surface area (Å²) in [4.78, 5) is 28.3. The van der Waals surface area contributed by atoms with Gasteiger partial charge in [-0.25, -0.2) is 9.59 Å². The van der Waals surface area contributed by atoms with Crippen molar-refractivity contribution in [1.82, 2.24) is 9.55 Å². The second kappa shape index (κ2) is 10.9. The van der Waals surface area contributed by atoms with E-state index in [2.05, 4.69) is 18.8 Å². The molecule has 1 atom stereocenters. The molecule has 1 aliphatic rings. The van der Waals surface area contributed by atoms with Gasteiger partial charge in [0.2, 0.25) is 12.9 Å². The third kappa shape index (κ3) is 5.24. The molecule has 8 nitrogen and oxygen atoms in total. The van der Waals surface area contributed by atoms with E-state index < -0.39 is 12.1 Å². The molecule has 2 heterocycles. The molecule has 5 rings (SSSR count). The summed E-state index contributed by atoms with van der Waals surface area (Å²) in [5.74, 6) is 0.613. The van der Waals surface area contributed by atoms with Crippen molar-refractivity contribution in [2.45, 2.75) is 66.0 Å². The molecule has 4 aromatic rings. The van der Waals surface area contributed by atoms with Crippen molar-refractivity contribution in [3.8, 4) is 17.2 Å². The van der Waals surface area contributed by atoms with E-state index >= 15 is 0 Å². The zero-order valence-electron chi connectivity index (χ0n) is 22.8. The quantitative estimate of drug-likeness (QED) is 0.267. The van der Waals surface area contributed by atoms with Gasteiger partial charge in [0.15, 0.2) is 11.5 Å². The number of nitrogens with one attached hydrogen (secondary N) is 1. The summed E-state index contributed by atoms with van der Waals surface area (Å²) in [6.45, 7) is 8.75. The van der Waals surface area contributed by atoms with Crippen LogP contribution < -0.4 is 19.9 Å². The SMILES string of the molecule is CCCc1cc(Cn2c(=O)[nH]c3cc(C)c(C)cc32)cc(CCC)c1OC(C(=O)O)c1ccc2c(c1)OCO2. The van der Waals surface area contributed by atoms with E-state index in [4.69, 9.17) is 14.2 Å². The van der Waals surface area contributed by atoms with Crippen molar-refractivity contribution in [3.63, 3.8) is 0 Å². The summed E-state index contributed by atoms with van der Waals surface area (Å²) in [7, 11) is 0. The average molecular weight is 531 g/mol. The molecule has 0 bridgehead atoms. The van der Waals surface area contributed by atoms with Crippen molar-refractivity contribution in [1.29, 1.82) is 0 Å². The number of ether oxygens (including phenoxy) is 3. The summed E-state index contributed by atoms with van der Waals surface area (Å²) in [6.07, 6.45) is 1.94. The third-order valence-electron chi connectivity index (χ3n) is 7.23. The van der Waals surface area contributed by atoms with Gasteiger partial charge in [0.05, 0.1) is 17.6 Å². The smallest absolute Gasteiger partial charge is 0.349 e. The fourth-order valence-electron chi connectivity index (χ4n) is 5.19. The first-order valence-corrected chi connectivity index (χ1v) is 13.4. The highest BCUT2D eigenvalue weighted by atomic mass is 16.7. The van der Waals surface area contributed by atoms with Crippen LogP contribution in [0, 0.1) is 13.8 Å². The lowest BCUT2D eigenvalue weighted by Crippen LogP contribution is -2.20. The number of aliphatic carboxylic acids is 1. The first kappa shape index (κ1) is 26.4. The lowest BCUT2D eigenvalue weighted by Gasteiger charge is -2.22. The number of aromatic nitrogens is 2. The standard InChI is InChI=1S/C31H34N2O6/c1-5-7-21-13-20(16-33-25-12-19(4)18(3)11-24(25)32-31(33)36)14-22(8-6-2)28(21)39-29(30(34)35)23-9-10-26-27(15-23)38-17-37-26/h9-15,29H,5-8,16-17H2,1-4H3,(H,32,36)(H,34,35). The summed E-state index contributed by atoms with van der Waals surface area (Å²) < 4.78 is 18.9. The summed E-state index contributed by atoms with van der Waals surface area (Å²) in [6, 6.07) is 13.2. The highest BCUT2D eigenvalue weighted by molar-refractivity contribution is 5.77. The van der Waals surface area contributed by atoms with E-state index in [1.807, 2.05) is 38.1 Å². The molecule has 0 saturated heterocycles. The van der Waals surface area contributed by atoms with Crippen LogP contribution >= 0.6 is 0 Å². The highest BCUT2D eigenvalue weighted by Gasteiger charge is 2.27. The minimum absolute atomic E-state index is 0.110. The summed E-state index contributed by atoms with van der Waals surface area (Å²) >= 11 is 0. The molecule has 0 saturated carbocycles. The third-order valence-corrected chi connectivity index (χ3v) is 7.23. The molecule has 1 unspecified atom stereocenters. The maximum absolute atomic E-state index is 12.9. The molecule has 0 aliphatic carbocycles. The van der Waals surface area contributed by atoms with Crippen molar-refractivity contribution in [3.05, 3.63) is 86.3 Å². The molecular formula is C31H34N2O6. The topological polar surface area (TPSA) is 103 Å². The monoisotopic (exact) mass is 530 g/mol. The van der Waals surface area contributed by atoms with Crippen molar-refractivity contribution in [2.75, 3.05) is 6.79 Å². The van der Waals surface area contributed by atoms with Gasteiger partial charge in [-0.1, -0.05) is 44.9 Å². The Morgan fingerprint density at radius 3 is 2.33 bits per heavy atom. The fraction of sp³-hybridized carbons (Fsp3) is 0.355. The number of carboxylic acid groups (broad SMARTS) is 1. The number of hydrogen-bond donors (Lipinski definition) is 2. The van der Waals surface area contributed by atoms with Gasteiger partial charge in [-0.2, -0.15) is 0 Å². The molecule has 0 amide bonds. The normalized spacial score (nSPS) is 13.1. The largest absolute Gasteiger partial charge is 0.478 e. The molecule has 0 radical (unpaired) electrons. The van der Waals surface area contributed by atoms with Gasteiger partial charge in [0.1, 0.15) is 5.75 Å². The summed E-state index contributed by atoms with van der Waals surface area (Å²) in [5, 5.41) is 10.1. The molecule has 1 aliphatic heterocycles. The van der Waals surface area contributed by atoms with Crippen LogP contribution in [0.3, 0.4) is 0 Å². The van der Waals surface area contributed by atoms with Crippen LogP contribution in [-0.4, -0.2) is 27.4 Å². The minimum atomic E-state index is -1.21. The number of hydrogen-bond acceptors (Lipinski definition) is 5. The number of H-pyrrole nitrogens is 1. The Bertz CT molecular complexity index is 1570. The predicted octanol–water partition coefficient (Wildman–Crippen LogP) is 5.83. The number of carbonyl (C=O) groups is 1. The van der Waals surface area contributed by atoms with Crippen LogP contribution in [0.25, 0.3) is 11.0 Å². The molecule has 1 aromatic heterocycles. The lowest BCUT2D eigenvalue weighted by atomic mass is 9.97. The second-order valence-corrected chi connectivity index (χ2v) is 10.2. The van der Waals surface area contributed by atoms with Gasteiger partial charge in [-0.05, 0) is 78.8 Å². The van der Waals surface area contributed by atoms with Crippen molar-refractivity contribution >= 4 is 17.0 Å². The van der Waals surface area contributed by atoms with Crippen LogP contribution in [0.1, 0.15) is 66.2 Å². The van der Waals surface area contributed by atoms with Crippen molar-refractivity contribution in [2.24, 2.45) is 0 Å². The molecule has 39 heavy (non-hydrogen) atoms. The Morgan fingerprint density at radius 2 is 1.67 bits per heavy atom. The molecule has 0 fully saturated rings. The van der Waals surface area contributed by atoms with E-state index in [0.717, 1.165) is 51.7 Å². The van der Waals surface area contributed by atoms with Gasteiger partial charge >= 0.3 is 11.7 Å². The zero-order chi connectivity index (χ0) is 27.7. The second-order valence-electron chi connectivity index (χ2n) is 10.2. The van der Waals surface area contributed by atoms with E-state index in [0.29, 0.717) is 42.2 Å². The van der Waals surface area contributed by atoms with Crippen LogP contribution in [0.5, 0.6) is 17.2 Å². The van der Waals surface area contributed by atoms with Gasteiger partial charge in [-0.3, -0.25) is 4.57 Å². The van der Waals surface area contributed by atoms with Crippen LogP contribution in [0.4, 0.5) is 0 Å². The average Bonchev–Trinajstić information content (AvgIpc) is 3.48. The highest BCUT2D eigenvalue weighted by Crippen LogP contribution is 2.37. The molecule has 8 heteroatoms. The molecule has 3 aromatic carbocycles. The first-order valence-electron chi connectivity index (χ1n) is 13.4. The van der Waals surface area contributed by atoms with E-state index in [-0.39, 0.29) is 12.5 Å². The molecule has 2 N–H and O–H groups in total. The number of aromatic amines is 1. The summed E-state index contributed by atoms with van der Waals surface area (Å²) in [5.41, 5.74) is 7.12. The number of rotatable bonds is 10. The van der Waals surface area contributed by atoms with Gasteiger partial charge in [0, 0.05) is 5.56 Å². The number of carboxylic acids is 1. The van der Waals surface area contributed by atoms with E-state index in [1.54, 1.807) is 22.8 Å². The Hall–Kier alpha value is -4.20. The van der Waals surface area contributed by atoms with Crippen LogP contribution in [0.2, 0.25) is 0 Å². The van der Waals surface area contributed by atoms with Gasteiger partial charge in [0.25, 0.3) is 0 Å². The Morgan fingerprint density at radius 1 is 1.00 bits per heavy atom. The fourth-order valence-corrected chi connectivity index (χ4v) is 5.19. The maximum atomic E-state index is 12.9. The predicted molar refractivity (Wildman–Crippen MR) is 149 cm³/mol. The van der Waals surface area contributed by atoms with Crippen molar-refractivity contribution < 1.29 is 24.1 Å². The molecular weight excluding hydrogens is 496 g/mol. The van der Waals surface area contributed by atoms with Crippen LogP contribution in [0.15, 0.2) is 47.3 Å². The number of fused-ring (bicyclic) bond motifs is 2. The van der Waals surface area contributed by atoms with Crippen LogP contribution in [-0.2, 0) is 24.2 Å². The lowest BCUT2D eigenvalue weighted by molar-refractivity contribution is -0.145. The molecule has 0 spiro atoms. The zero-order valence-corrected chi connectivity index (χ0v) is 22.8. The number of benzene rings is 3. The van der Waals surface area contributed by atoms with E-state index in [9.17, 15) is 14.7 Å². The Balaban J connectivity index is 1.55. The number of imidazole rings is 1. The molecule has 204 valence electrons. The Labute approximate surface area is 227 Å². The van der Waals surface area contributed by atoms with Gasteiger partial charge in [-0.15, -0.1) is 0 Å².